The first-order valence-electron chi connectivity index (χ1n) is 10.4. The summed E-state index contributed by atoms with van der Waals surface area (Å²) in [6.07, 6.45) is 7.86. The second-order valence-corrected chi connectivity index (χ2v) is 7.73. The number of aromatic nitrogens is 3. The van der Waals surface area contributed by atoms with Crippen LogP contribution in [-0.2, 0) is 0 Å². The van der Waals surface area contributed by atoms with Crippen molar-refractivity contribution in [3.63, 3.8) is 0 Å². The van der Waals surface area contributed by atoms with Crippen molar-refractivity contribution in [3.05, 3.63) is 72.4 Å². The number of carbonyl (C=O) groups is 1. The fraction of sp³-hybridized carbons (Fsp3) is 0.261. The summed E-state index contributed by atoms with van der Waals surface area (Å²) >= 11 is 0. The molecule has 0 unspecified atom stereocenters. The number of hydrogen-bond acceptors (Lipinski definition) is 8. The molecule has 0 spiro atoms. The largest absolute Gasteiger partial charge is 0.365 e. The summed E-state index contributed by atoms with van der Waals surface area (Å²) in [5, 5.41) is 16.0. The summed E-state index contributed by atoms with van der Waals surface area (Å²) in [5.74, 6) is 0.0723. The first-order chi connectivity index (χ1) is 15.6. The maximum atomic E-state index is 12.2. The Balaban J connectivity index is 1.74. The van der Waals surface area contributed by atoms with E-state index >= 15 is 0 Å². The van der Waals surface area contributed by atoms with Crippen LogP contribution < -0.4 is 21.3 Å². The molecule has 4 rings (SSSR count). The van der Waals surface area contributed by atoms with E-state index in [1.54, 1.807) is 12.4 Å². The second-order valence-electron chi connectivity index (χ2n) is 7.73. The van der Waals surface area contributed by atoms with Crippen LogP contribution in [0, 0.1) is 11.3 Å². The molecule has 3 heterocycles. The molecule has 2 aromatic heterocycles. The average molecular weight is 429 g/mol. The smallest absolute Gasteiger partial charge is 0.252 e. The van der Waals surface area contributed by atoms with Gasteiger partial charge in [0.05, 0.1) is 29.2 Å². The lowest BCUT2D eigenvalue weighted by molar-refractivity contribution is 0.100. The normalized spacial score (nSPS) is 14.8. The van der Waals surface area contributed by atoms with Crippen LogP contribution in [0.15, 0.2) is 61.2 Å². The molecule has 162 valence electrons. The average Bonchev–Trinajstić information content (AvgIpc) is 2.84. The molecule has 0 atom stereocenters. The number of nitrogens with two attached hydrogens (primary N) is 1. The quantitative estimate of drug-likeness (QED) is 0.522. The summed E-state index contributed by atoms with van der Waals surface area (Å²) in [6.45, 7) is 2.22. The maximum Gasteiger partial charge on any atom is 0.252 e. The van der Waals surface area contributed by atoms with E-state index in [0.29, 0.717) is 23.6 Å². The molecule has 0 aliphatic carbocycles. The molecule has 0 saturated carbocycles. The summed E-state index contributed by atoms with van der Waals surface area (Å²) in [6, 6.07) is 13.7. The van der Waals surface area contributed by atoms with E-state index in [-0.39, 0.29) is 11.2 Å². The van der Waals surface area contributed by atoms with Gasteiger partial charge in [-0.15, -0.1) is 0 Å². The van der Waals surface area contributed by atoms with Gasteiger partial charge in [0.2, 0.25) is 0 Å². The van der Waals surface area contributed by atoms with Crippen LogP contribution in [0.3, 0.4) is 0 Å². The molecule has 1 aromatic carbocycles. The van der Waals surface area contributed by atoms with E-state index in [0.717, 1.165) is 31.6 Å². The predicted molar refractivity (Wildman–Crippen MR) is 121 cm³/mol. The van der Waals surface area contributed by atoms with Gasteiger partial charge in [0, 0.05) is 24.6 Å². The molecular weight excluding hydrogens is 404 g/mol. The highest BCUT2D eigenvalue weighted by atomic mass is 16.1. The predicted octanol–water partition coefficient (Wildman–Crippen LogP) is 2.21. The summed E-state index contributed by atoms with van der Waals surface area (Å²) in [5.41, 5.74) is 7.58. The van der Waals surface area contributed by atoms with Crippen LogP contribution in [0.25, 0.3) is 0 Å². The van der Waals surface area contributed by atoms with Gasteiger partial charge in [0.15, 0.2) is 5.69 Å². The summed E-state index contributed by atoms with van der Waals surface area (Å²) in [7, 11) is 0. The number of nitrogens with zero attached hydrogens (tertiary/aromatic N) is 5. The van der Waals surface area contributed by atoms with Gasteiger partial charge in [-0.1, -0.05) is 18.2 Å². The van der Waals surface area contributed by atoms with Crippen LogP contribution in [0.5, 0.6) is 0 Å². The first kappa shape index (κ1) is 21.2. The van der Waals surface area contributed by atoms with E-state index in [1.807, 2.05) is 42.5 Å². The minimum Gasteiger partial charge on any atom is -0.365 e. The molecule has 32 heavy (non-hydrogen) atoms. The van der Waals surface area contributed by atoms with Gasteiger partial charge >= 0.3 is 0 Å². The van der Waals surface area contributed by atoms with E-state index < -0.39 is 5.91 Å². The zero-order valence-electron chi connectivity index (χ0n) is 17.5. The Hall–Kier alpha value is -4.03. The zero-order chi connectivity index (χ0) is 22.4. The van der Waals surface area contributed by atoms with Crippen LogP contribution in [0.1, 0.15) is 28.9 Å². The molecule has 0 bridgehead atoms. The molecule has 1 saturated heterocycles. The number of benzene rings is 1. The molecule has 4 N–H and O–H groups in total. The SMILES string of the molecule is N#Cc1cnc(NC2(CN(c3ccccc3)c3ccncc3C(N)=O)CCNCC2)cn1. The number of amides is 1. The van der Waals surface area contributed by atoms with Crippen LogP contribution >= 0.6 is 0 Å². The van der Waals surface area contributed by atoms with Gasteiger partial charge in [0.25, 0.3) is 5.91 Å². The first-order valence-corrected chi connectivity index (χ1v) is 10.4. The summed E-state index contributed by atoms with van der Waals surface area (Å²) in [4.78, 5) is 26.9. The van der Waals surface area contributed by atoms with Crippen molar-refractivity contribution in [2.75, 3.05) is 29.9 Å². The molecule has 1 fully saturated rings. The molecular formula is C23H24N8O. The van der Waals surface area contributed by atoms with Crippen molar-refractivity contribution in [1.82, 2.24) is 20.3 Å². The summed E-state index contributed by atoms with van der Waals surface area (Å²) < 4.78 is 0. The molecule has 9 nitrogen and oxygen atoms in total. The van der Waals surface area contributed by atoms with Gasteiger partial charge < -0.3 is 21.3 Å². The number of carbonyl (C=O) groups excluding carboxylic acids is 1. The monoisotopic (exact) mass is 428 g/mol. The maximum absolute atomic E-state index is 12.2. The lowest BCUT2D eigenvalue weighted by atomic mass is 9.87. The van der Waals surface area contributed by atoms with Crippen LogP contribution in [0.4, 0.5) is 17.2 Å². The Morgan fingerprint density at radius 3 is 2.59 bits per heavy atom. The Bertz CT molecular complexity index is 1100. The number of nitriles is 1. The third-order valence-corrected chi connectivity index (χ3v) is 5.60. The van der Waals surface area contributed by atoms with Crippen LogP contribution in [-0.4, -0.2) is 46.0 Å². The highest BCUT2D eigenvalue weighted by Gasteiger charge is 2.36. The number of anilines is 3. The number of hydrogen-bond donors (Lipinski definition) is 3. The lowest BCUT2D eigenvalue weighted by Gasteiger charge is -2.43. The number of pyridine rings is 1. The van der Waals surface area contributed by atoms with E-state index in [1.165, 1.54) is 12.4 Å². The van der Waals surface area contributed by atoms with E-state index in [4.69, 9.17) is 11.0 Å². The fourth-order valence-electron chi connectivity index (χ4n) is 3.99. The lowest BCUT2D eigenvalue weighted by Crippen LogP contribution is -2.54. The van der Waals surface area contributed by atoms with Crippen molar-refractivity contribution in [2.24, 2.45) is 5.73 Å². The molecule has 3 aromatic rings. The molecule has 1 amide bonds. The van der Waals surface area contributed by atoms with E-state index in [9.17, 15) is 4.79 Å². The van der Waals surface area contributed by atoms with Crippen molar-refractivity contribution >= 4 is 23.1 Å². The third kappa shape index (κ3) is 4.66. The minimum atomic E-state index is -0.528. The van der Waals surface area contributed by atoms with Gasteiger partial charge in [-0.2, -0.15) is 5.26 Å². The highest BCUT2D eigenvalue weighted by Crippen LogP contribution is 2.33. The number of nitrogens with one attached hydrogen (secondary N) is 2. The van der Waals surface area contributed by atoms with Gasteiger partial charge in [-0.3, -0.25) is 9.78 Å². The molecule has 1 aliphatic heterocycles. The fourth-order valence-corrected chi connectivity index (χ4v) is 3.99. The Morgan fingerprint density at radius 2 is 1.94 bits per heavy atom. The Morgan fingerprint density at radius 1 is 1.16 bits per heavy atom. The Kier molecular flexibility index (Phi) is 6.24. The number of para-hydroxylation sites is 1. The van der Waals surface area contributed by atoms with Crippen molar-refractivity contribution in [1.29, 1.82) is 5.26 Å². The molecule has 9 heteroatoms. The third-order valence-electron chi connectivity index (χ3n) is 5.60. The zero-order valence-corrected chi connectivity index (χ0v) is 17.5. The van der Waals surface area contributed by atoms with Crippen molar-refractivity contribution < 1.29 is 4.79 Å². The van der Waals surface area contributed by atoms with Crippen molar-refractivity contribution in [3.8, 4) is 6.07 Å². The standard InChI is InChI=1S/C23H24N8O/c24-12-17-13-29-21(15-28-17)30-23(7-10-26-11-8-23)16-31(18-4-2-1-3-5-18)20-6-9-27-14-19(20)22(25)32/h1-6,9,13-15,26H,7-8,10-11,16H2,(H2,25,32)(H,29,30). The van der Waals surface area contributed by atoms with Gasteiger partial charge in [-0.25, -0.2) is 9.97 Å². The Labute approximate surface area is 186 Å². The second kappa shape index (κ2) is 9.41. The molecule has 0 radical (unpaired) electrons. The van der Waals surface area contributed by atoms with Crippen LogP contribution in [0.2, 0.25) is 0 Å². The van der Waals surface area contributed by atoms with Gasteiger partial charge in [0.1, 0.15) is 11.9 Å². The topological polar surface area (TPSA) is 133 Å². The minimum absolute atomic E-state index is 0.267. The number of primary amides is 1. The number of rotatable bonds is 7. The van der Waals surface area contributed by atoms with Gasteiger partial charge in [-0.05, 0) is 44.1 Å². The highest BCUT2D eigenvalue weighted by molar-refractivity contribution is 5.99. The number of piperidine rings is 1. The molecule has 1 aliphatic rings. The van der Waals surface area contributed by atoms with E-state index in [2.05, 4.69) is 30.5 Å². The van der Waals surface area contributed by atoms with Crippen molar-refractivity contribution in [2.45, 2.75) is 18.4 Å².